The van der Waals surface area contributed by atoms with Crippen molar-refractivity contribution >= 4 is 17.8 Å². The number of aliphatic carboxylic acids is 2. The van der Waals surface area contributed by atoms with E-state index in [9.17, 15) is 31.1 Å². The van der Waals surface area contributed by atoms with E-state index in [1.54, 1.807) is 0 Å². The van der Waals surface area contributed by atoms with Crippen molar-refractivity contribution in [3.8, 4) is 0 Å². The van der Waals surface area contributed by atoms with Crippen LogP contribution in [0.5, 0.6) is 0 Å². The number of alkyl halides is 6. The summed E-state index contributed by atoms with van der Waals surface area (Å²) in [6.45, 7) is 7.41. The molecule has 0 radical (unpaired) electrons. The third-order valence-corrected chi connectivity index (χ3v) is 6.39. The molecule has 3 atom stereocenters. The molecule has 10 nitrogen and oxygen atoms in total. The fraction of sp³-hybridized carbons (Fsp3) is 0.696. The second-order valence-corrected chi connectivity index (χ2v) is 9.31. The molecule has 4 heterocycles. The van der Waals surface area contributed by atoms with Gasteiger partial charge in [-0.05, 0) is 45.4 Å². The first kappa shape index (κ1) is 32.4. The van der Waals surface area contributed by atoms with Crippen LogP contribution in [0.15, 0.2) is 16.5 Å². The summed E-state index contributed by atoms with van der Waals surface area (Å²) in [5, 5.41) is 14.2. The molecule has 3 aliphatic heterocycles. The molecule has 0 spiro atoms. The average molecular weight is 576 g/mol. The number of carboxylic acid groups (broad SMARTS) is 2. The van der Waals surface area contributed by atoms with Crippen molar-refractivity contribution in [3.63, 3.8) is 0 Å². The Kier molecular flexibility index (Phi) is 11.2. The maximum atomic E-state index is 12.8. The van der Waals surface area contributed by atoms with E-state index >= 15 is 0 Å². The smallest absolute Gasteiger partial charge is 0.475 e. The van der Waals surface area contributed by atoms with E-state index in [-0.39, 0.29) is 18.1 Å². The van der Waals surface area contributed by atoms with Gasteiger partial charge in [-0.3, -0.25) is 9.69 Å². The number of hydrogen-bond acceptors (Lipinski definition) is 7. The van der Waals surface area contributed by atoms with Crippen molar-refractivity contribution in [2.24, 2.45) is 0 Å². The van der Waals surface area contributed by atoms with Gasteiger partial charge in [-0.25, -0.2) is 9.59 Å². The minimum Gasteiger partial charge on any atom is -0.475 e. The van der Waals surface area contributed by atoms with E-state index < -0.39 is 24.3 Å². The van der Waals surface area contributed by atoms with Gasteiger partial charge < -0.3 is 29.2 Å². The van der Waals surface area contributed by atoms with E-state index in [1.165, 1.54) is 0 Å². The van der Waals surface area contributed by atoms with Gasteiger partial charge in [0, 0.05) is 38.8 Å². The highest BCUT2D eigenvalue weighted by Gasteiger charge is 2.43. The van der Waals surface area contributed by atoms with Crippen LogP contribution >= 0.6 is 0 Å². The fourth-order valence-corrected chi connectivity index (χ4v) is 4.39. The van der Waals surface area contributed by atoms with Crippen LogP contribution in [-0.2, 0) is 25.7 Å². The number of hydrogen-bond donors (Lipinski definition) is 2. The molecule has 39 heavy (non-hydrogen) atoms. The van der Waals surface area contributed by atoms with Crippen LogP contribution in [0.25, 0.3) is 0 Å². The summed E-state index contributed by atoms with van der Waals surface area (Å²) in [6.07, 6.45) is -7.34. The number of nitrogens with zero attached hydrogens (tertiary/aromatic N) is 3. The van der Waals surface area contributed by atoms with Crippen LogP contribution in [0.2, 0.25) is 0 Å². The average Bonchev–Trinajstić information content (AvgIpc) is 3.44. The zero-order valence-corrected chi connectivity index (χ0v) is 21.3. The number of likely N-dealkylation sites (N-methyl/N-ethyl adjacent to an activating group) is 1. The zero-order valence-electron chi connectivity index (χ0n) is 21.3. The number of likely N-dealkylation sites (tertiary alicyclic amines) is 1. The molecule has 0 saturated carbocycles. The van der Waals surface area contributed by atoms with Crippen molar-refractivity contribution < 1.29 is 60.1 Å². The Labute approximate surface area is 220 Å². The Balaban J connectivity index is 0.000000317. The first-order chi connectivity index (χ1) is 18.0. The van der Waals surface area contributed by atoms with Gasteiger partial charge in [-0.1, -0.05) is 0 Å². The Bertz CT molecular complexity index is 952. The summed E-state index contributed by atoms with van der Waals surface area (Å²) in [7, 11) is 2.11. The van der Waals surface area contributed by atoms with Gasteiger partial charge in [0.15, 0.2) is 0 Å². The maximum Gasteiger partial charge on any atom is 0.490 e. The van der Waals surface area contributed by atoms with Gasteiger partial charge in [0.1, 0.15) is 17.6 Å². The van der Waals surface area contributed by atoms with Gasteiger partial charge in [0.05, 0.1) is 12.6 Å². The Morgan fingerprint density at radius 1 is 0.897 bits per heavy atom. The number of carboxylic acids is 2. The van der Waals surface area contributed by atoms with Gasteiger partial charge in [0.2, 0.25) is 0 Å². The molecule has 0 aromatic carbocycles. The maximum absolute atomic E-state index is 12.8. The number of carbonyl (C=O) groups excluding carboxylic acids is 1. The molecule has 0 bridgehead atoms. The van der Waals surface area contributed by atoms with Crippen LogP contribution in [0.4, 0.5) is 26.3 Å². The predicted molar refractivity (Wildman–Crippen MR) is 122 cm³/mol. The summed E-state index contributed by atoms with van der Waals surface area (Å²) in [4.78, 5) is 37.3. The molecule has 3 aliphatic rings. The molecule has 4 rings (SSSR count). The lowest BCUT2D eigenvalue weighted by Gasteiger charge is -2.39. The van der Waals surface area contributed by atoms with Gasteiger partial charge in [-0.2, -0.15) is 26.3 Å². The van der Waals surface area contributed by atoms with Crippen LogP contribution < -0.4 is 0 Å². The SMILES string of the molecule is Cc1ccc(CN2CC[C@H]3O[C@H](C(=O)N4CCN(C)CC4)CC[C@H]32)o1.O=C(O)C(F)(F)F.O=C(O)C(F)(F)F. The molecule has 3 saturated heterocycles. The third kappa shape index (κ3) is 10.0. The minimum atomic E-state index is -5.08. The number of piperazine rings is 1. The zero-order chi connectivity index (χ0) is 29.5. The molecule has 0 unspecified atom stereocenters. The number of ether oxygens (including phenoxy) is 1. The minimum absolute atomic E-state index is 0.186. The topological polar surface area (TPSA) is 124 Å². The number of aryl methyl sites for hydroxylation is 1. The Morgan fingerprint density at radius 2 is 1.44 bits per heavy atom. The van der Waals surface area contributed by atoms with E-state index in [2.05, 4.69) is 22.9 Å². The first-order valence-corrected chi connectivity index (χ1v) is 12.0. The van der Waals surface area contributed by atoms with Crippen LogP contribution in [-0.4, -0.2) is 113 Å². The van der Waals surface area contributed by atoms with Crippen LogP contribution in [0, 0.1) is 6.92 Å². The van der Waals surface area contributed by atoms with Crippen LogP contribution in [0.3, 0.4) is 0 Å². The predicted octanol–water partition coefficient (Wildman–Crippen LogP) is 2.75. The highest BCUT2D eigenvalue weighted by Crippen LogP contribution is 2.33. The molecule has 1 aromatic rings. The van der Waals surface area contributed by atoms with Crippen LogP contribution in [0.1, 0.15) is 30.8 Å². The van der Waals surface area contributed by atoms with E-state index in [0.29, 0.717) is 6.04 Å². The largest absolute Gasteiger partial charge is 0.490 e. The highest BCUT2D eigenvalue weighted by atomic mass is 19.4. The van der Waals surface area contributed by atoms with Crippen molar-refractivity contribution in [1.82, 2.24) is 14.7 Å². The first-order valence-electron chi connectivity index (χ1n) is 12.0. The molecule has 1 amide bonds. The molecule has 16 heteroatoms. The molecular weight excluding hydrogens is 544 g/mol. The number of amides is 1. The Morgan fingerprint density at radius 3 is 1.90 bits per heavy atom. The fourth-order valence-electron chi connectivity index (χ4n) is 4.39. The molecule has 222 valence electrons. The number of halogens is 6. The second kappa shape index (κ2) is 13.5. The van der Waals surface area contributed by atoms with Gasteiger partial charge in [0.25, 0.3) is 5.91 Å². The second-order valence-electron chi connectivity index (χ2n) is 9.31. The van der Waals surface area contributed by atoms with Gasteiger partial charge in [-0.15, -0.1) is 0 Å². The monoisotopic (exact) mass is 575 g/mol. The van der Waals surface area contributed by atoms with Crippen molar-refractivity contribution in [2.75, 3.05) is 39.8 Å². The molecular formula is C23H31F6N3O7. The summed E-state index contributed by atoms with van der Waals surface area (Å²) < 4.78 is 75.4. The standard InChI is InChI=1S/C19H29N3O3.2C2HF3O2/c1-14-3-4-15(24-14)13-22-8-7-17-16(22)5-6-18(25-17)19(23)21-11-9-20(2)10-12-21;2*3-2(4,5)1(6)7/h3-4,16-18H,5-13H2,1-2H3;2*(H,6,7)/t16-,17-,18+;;/m1../s1. The number of furan rings is 1. The van der Waals surface area contributed by atoms with E-state index in [0.717, 1.165) is 70.1 Å². The van der Waals surface area contributed by atoms with Crippen molar-refractivity contribution in [1.29, 1.82) is 0 Å². The summed E-state index contributed by atoms with van der Waals surface area (Å²) in [6, 6.07) is 4.50. The number of carbonyl (C=O) groups is 3. The molecule has 0 aliphatic carbocycles. The molecule has 3 fully saturated rings. The number of fused-ring (bicyclic) bond motifs is 1. The van der Waals surface area contributed by atoms with Crippen molar-refractivity contribution in [2.45, 2.75) is 63.3 Å². The van der Waals surface area contributed by atoms with Gasteiger partial charge >= 0.3 is 24.3 Å². The quantitative estimate of drug-likeness (QED) is 0.524. The lowest BCUT2D eigenvalue weighted by atomic mass is 9.98. The highest BCUT2D eigenvalue weighted by molar-refractivity contribution is 5.81. The lowest BCUT2D eigenvalue weighted by Crippen LogP contribution is -2.53. The molecule has 1 aromatic heterocycles. The number of rotatable bonds is 3. The summed E-state index contributed by atoms with van der Waals surface area (Å²) in [5.41, 5.74) is 0. The van der Waals surface area contributed by atoms with E-state index in [1.807, 2.05) is 17.9 Å². The van der Waals surface area contributed by atoms with Crippen molar-refractivity contribution in [3.05, 3.63) is 23.7 Å². The summed E-state index contributed by atoms with van der Waals surface area (Å²) in [5.74, 6) is -3.33. The normalized spacial score (nSPS) is 24.1. The Hall–Kier alpha value is -2.85. The van der Waals surface area contributed by atoms with E-state index in [4.69, 9.17) is 29.0 Å². The summed E-state index contributed by atoms with van der Waals surface area (Å²) >= 11 is 0. The third-order valence-electron chi connectivity index (χ3n) is 6.39. The molecule has 2 N–H and O–H groups in total. The lowest BCUT2D eigenvalue weighted by molar-refractivity contribution is -0.193.